The fraction of sp³-hybridized carbons (Fsp3) is 0.517. The lowest BCUT2D eigenvalue weighted by molar-refractivity contribution is -0.160. The van der Waals surface area contributed by atoms with Crippen molar-refractivity contribution in [3.63, 3.8) is 0 Å². The summed E-state index contributed by atoms with van der Waals surface area (Å²) in [6, 6.07) is 10.7. The maximum absolute atomic E-state index is 13.3. The van der Waals surface area contributed by atoms with E-state index in [1.165, 1.54) is 32.0 Å². The quantitative estimate of drug-likeness (QED) is 0.425. The van der Waals surface area contributed by atoms with E-state index in [0.717, 1.165) is 12.8 Å². The first kappa shape index (κ1) is 30.0. The average Bonchev–Trinajstić information content (AvgIpc) is 2.98. The molecule has 2 heterocycles. The van der Waals surface area contributed by atoms with E-state index in [0.29, 0.717) is 19.4 Å². The van der Waals surface area contributed by atoms with Gasteiger partial charge in [0.15, 0.2) is 11.4 Å². The normalized spacial score (nSPS) is 21.6. The van der Waals surface area contributed by atoms with Gasteiger partial charge in [-0.1, -0.05) is 36.8 Å². The minimum Gasteiger partial charge on any atom is -0.493 e. The standard InChI is InChI=1S/C29H38N2O8/c1-5-37-26-19(2)38-29(34)22(13-9-12-21(26)18-20-10-7-6-8-11-20)31-28(33)25-27(23(36-4)14-16-30-25)39-24(32)15-17-35-3/h6-8,10-11,14,16,19,21-22,26H,5,9,12-13,15,17-18H2,1-4H3,(H,31,33)/t19-,21+,22-,26-/m0/s1. The number of nitrogens with zero attached hydrogens (tertiary/aromatic N) is 1. The van der Waals surface area contributed by atoms with Crippen LogP contribution in [0.1, 0.15) is 55.6 Å². The summed E-state index contributed by atoms with van der Waals surface area (Å²) in [5, 5.41) is 2.73. The Morgan fingerprint density at radius 2 is 1.90 bits per heavy atom. The summed E-state index contributed by atoms with van der Waals surface area (Å²) < 4.78 is 27.5. The van der Waals surface area contributed by atoms with Crippen molar-refractivity contribution in [2.45, 2.75) is 64.2 Å². The fourth-order valence-electron chi connectivity index (χ4n) is 4.74. The number of ether oxygens (including phenoxy) is 5. The van der Waals surface area contributed by atoms with Crippen molar-refractivity contribution >= 4 is 17.8 Å². The largest absolute Gasteiger partial charge is 0.493 e. The second-order valence-electron chi connectivity index (χ2n) is 9.38. The third kappa shape index (κ3) is 8.49. The number of hydrogen-bond acceptors (Lipinski definition) is 9. The molecule has 3 rings (SSSR count). The molecule has 2 aromatic rings. The second-order valence-corrected chi connectivity index (χ2v) is 9.38. The van der Waals surface area contributed by atoms with Crippen molar-refractivity contribution in [2.24, 2.45) is 5.92 Å². The van der Waals surface area contributed by atoms with Gasteiger partial charge in [0, 0.05) is 26.0 Å². The number of cyclic esters (lactones) is 1. The Balaban J connectivity index is 1.78. The van der Waals surface area contributed by atoms with Gasteiger partial charge in [-0.05, 0) is 44.6 Å². The van der Waals surface area contributed by atoms with Gasteiger partial charge in [-0.2, -0.15) is 0 Å². The number of amides is 1. The molecule has 0 spiro atoms. The van der Waals surface area contributed by atoms with E-state index in [1.54, 1.807) is 0 Å². The summed E-state index contributed by atoms with van der Waals surface area (Å²) in [6.07, 6.45) is 3.15. The first-order valence-electron chi connectivity index (χ1n) is 13.3. The molecule has 0 aliphatic carbocycles. The number of carbonyl (C=O) groups excluding carboxylic acids is 3. The second kappa shape index (κ2) is 15.2. The summed E-state index contributed by atoms with van der Waals surface area (Å²) in [4.78, 5) is 42.8. The number of nitrogens with one attached hydrogen (secondary N) is 1. The monoisotopic (exact) mass is 542 g/mol. The first-order chi connectivity index (χ1) is 18.9. The van der Waals surface area contributed by atoms with Crippen LogP contribution in [0.15, 0.2) is 42.6 Å². The molecule has 0 bridgehead atoms. The maximum Gasteiger partial charge on any atom is 0.329 e. The average molecular weight is 543 g/mol. The maximum atomic E-state index is 13.3. The predicted molar refractivity (Wildman–Crippen MR) is 143 cm³/mol. The zero-order valence-electron chi connectivity index (χ0n) is 23.0. The van der Waals surface area contributed by atoms with Crippen molar-refractivity contribution in [3.05, 3.63) is 53.9 Å². The van der Waals surface area contributed by atoms with Crippen LogP contribution in [0.5, 0.6) is 11.5 Å². The molecule has 10 nitrogen and oxygen atoms in total. The lowest BCUT2D eigenvalue weighted by Crippen LogP contribution is -2.44. The molecule has 212 valence electrons. The van der Waals surface area contributed by atoms with Gasteiger partial charge in [-0.3, -0.25) is 9.59 Å². The van der Waals surface area contributed by atoms with Gasteiger partial charge < -0.3 is 29.0 Å². The van der Waals surface area contributed by atoms with Crippen LogP contribution in [0.2, 0.25) is 0 Å². The number of rotatable bonds is 11. The molecule has 39 heavy (non-hydrogen) atoms. The van der Waals surface area contributed by atoms with Crippen molar-refractivity contribution in [1.29, 1.82) is 0 Å². The molecule has 0 radical (unpaired) electrons. The molecule has 0 saturated carbocycles. The Kier molecular flexibility index (Phi) is 11.7. The highest BCUT2D eigenvalue weighted by Crippen LogP contribution is 2.31. The Morgan fingerprint density at radius 1 is 1.13 bits per heavy atom. The molecule has 1 amide bonds. The van der Waals surface area contributed by atoms with Crippen molar-refractivity contribution in [2.75, 3.05) is 27.4 Å². The number of pyridine rings is 1. The minimum atomic E-state index is -0.914. The number of esters is 2. The van der Waals surface area contributed by atoms with Crippen molar-refractivity contribution in [1.82, 2.24) is 10.3 Å². The van der Waals surface area contributed by atoms with E-state index in [-0.39, 0.29) is 42.2 Å². The van der Waals surface area contributed by atoms with Gasteiger partial charge in [0.25, 0.3) is 5.91 Å². The van der Waals surface area contributed by atoms with Crippen LogP contribution in [0.4, 0.5) is 0 Å². The Bertz CT molecular complexity index is 1090. The molecule has 1 aliphatic heterocycles. The molecule has 1 aliphatic rings. The van der Waals surface area contributed by atoms with E-state index in [2.05, 4.69) is 22.4 Å². The molecule has 1 aromatic heterocycles. The third-order valence-electron chi connectivity index (χ3n) is 6.62. The van der Waals surface area contributed by atoms with Crippen LogP contribution in [-0.2, 0) is 30.2 Å². The Morgan fingerprint density at radius 3 is 2.59 bits per heavy atom. The van der Waals surface area contributed by atoms with Crippen LogP contribution in [0, 0.1) is 5.92 Å². The summed E-state index contributed by atoms with van der Waals surface area (Å²) >= 11 is 0. The van der Waals surface area contributed by atoms with Gasteiger partial charge in [-0.15, -0.1) is 0 Å². The van der Waals surface area contributed by atoms with E-state index in [1.807, 2.05) is 32.0 Å². The molecule has 1 aromatic carbocycles. The lowest BCUT2D eigenvalue weighted by atomic mass is 9.87. The molecule has 1 saturated heterocycles. The summed E-state index contributed by atoms with van der Waals surface area (Å²) in [7, 11) is 2.86. The van der Waals surface area contributed by atoms with E-state index < -0.39 is 30.0 Å². The third-order valence-corrected chi connectivity index (χ3v) is 6.62. The van der Waals surface area contributed by atoms with Gasteiger partial charge in [-0.25, -0.2) is 9.78 Å². The molecular weight excluding hydrogens is 504 g/mol. The highest BCUT2D eigenvalue weighted by molar-refractivity contribution is 5.98. The van der Waals surface area contributed by atoms with Gasteiger partial charge in [0.2, 0.25) is 5.75 Å². The highest BCUT2D eigenvalue weighted by atomic mass is 16.6. The summed E-state index contributed by atoms with van der Waals surface area (Å²) in [5.41, 5.74) is 1.02. The fourth-order valence-corrected chi connectivity index (χ4v) is 4.74. The van der Waals surface area contributed by atoms with Crippen LogP contribution in [0.3, 0.4) is 0 Å². The first-order valence-corrected chi connectivity index (χ1v) is 13.3. The number of methoxy groups -OCH3 is 2. The topological polar surface area (TPSA) is 122 Å². The molecule has 0 unspecified atom stereocenters. The van der Waals surface area contributed by atoms with Gasteiger partial charge in [0.05, 0.1) is 26.2 Å². The molecule has 10 heteroatoms. The van der Waals surface area contributed by atoms with E-state index in [4.69, 9.17) is 23.7 Å². The van der Waals surface area contributed by atoms with Crippen LogP contribution in [-0.4, -0.2) is 68.5 Å². The van der Waals surface area contributed by atoms with Crippen LogP contribution in [0.25, 0.3) is 0 Å². The summed E-state index contributed by atoms with van der Waals surface area (Å²) in [5.74, 6) is -1.68. The van der Waals surface area contributed by atoms with Gasteiger partial charge in [0.1, 0.15) is 12.1 Å². The number of aromatic nitrogens is 1. The molecule has 1 fully saturated rings. The van der Waals surface area contributed by atoms with Crippen molar-refractivity contribution < 1.29 is 38.1 Å². The minimum absolute atomic E-state index is 0.0202. The zero-order valence-corrected chi connectivity index (χ0v) is 23.0. The van der Waals surface area contributed by atoms with E-state index in [9.17, 15) is 14.4 Å². The number of hydrogen-bond donors (Lipinski definition) is 1. The number of carbonyl (C=O) groups is 3. The zero-order chi connectivity index (χ0) is 28.2. The molecule has 4 atom stereocenters. The van der Waals surface area contributed by atoms with Crippen molar-refractivity contribution in [3.8, 4) is 11.5 Å². The smallest absolute Gasteiger partial charge is 0.329 e. The van der Waals surface area contributed by atoms with Crippen LogP contribution < -0.4 is 14.8 Å². The van der Waals surface area contributed by atoms with Crippen LogP contribution >= 0.6 is 0 Å². The SMILES string of the molecule is CCO[C@@H]1[C@@H](Cc2ccccc2)CCC[C@H](NC(=O)c2nccc(OC)c2OC(=O)CCOC)C(=O)O[C@H]1C. The lowest BCUT2D eigenvalue weighted by Gasteiger charge is -2.31. The molecule has 1 N–H and O–H groups in total. The van der Waals surface area contributed by atoms with Gasteiger partial charge >= 0.3 is 11.9 Å². The Hall–Kier alpha value is -3.50. The Labute approximate surface area is 229 Å². The number of benzene rings is 1. The van der Waals surface area contributed by atoms with E-state index >= 15 is 0 Å². The highest BCUT2D eigenvalue weighted by Gasteiger charge is 2.35. The summed E-state index contributed by atoms with van der Waals surface area (Å²) in [6.45, 7) is 4.39. The predicted octanol–water partition coefficient (Wildman–Crippen LogP) is 3.51. The molecular formula is C29H38N2O8.